The minimum absolute atomic E-state index is 0.151. The number of aryl methyl sites for hydroxylation is 2. The van der Waals surface area contributed by atoms with Crippen LogP contribution in [0.2, 0.25) is 10.0 Å². The molecule has 156 valence electrons. The van der Waals surface area contributed by atoms with Crippen LogP contribution in [0.4, 0.5) is 17.1 Å². The Balaban J connectivity index is 1.68. The summed E-state index contributed by atoms with van der Waals surface area (Å²) in [6.07, 6.45) is 0. The van der Waals surface area contributed by atoms with E-state index < -0.39 is 5.91 Å². The third-order valence-corrected chi connectivity index (χ3v) is 5.65. The topological polar surface area (TPSA) is 89.8 Å². The highest BCUT2D eigenvalue weighted by Crippen LogP contribution is 2.37. The number of hydrogen-bond acceptors (Lipinski definition) is 4. The van der Waals surface area contributed by atoms with Crippen LogP contribution in [0.15, 0.2) is 64.8 Å². The second-order valence-corrected chi connectivity index (χ2v) is 7.89. The number of carbonyl (C=O) groups excluding carboxylic acids is 1. The highest BCUT2D eigenvalue weighted by molar-refractivity contribution is 6.39. The number of benzene rings is 3. The molecule has 0 unspecified atom stereocenters. The number of nitrogens with one attached hydrogen (secondary N) is 2. The van der Waals surface area contributed by atoms with E-state index in [-0.39, 0.29) is 17.1 Å². The summed E-state index contributed by atoms with van der Waals surface area (Å²) >= 11 is 12.7. The first-order chi connectivity index (χ1) is 14.8. The first kappa shape index (κ1) is 20.9. The van der Waals surface area contributed by atoms with E-state index in [1.165, 1.54) is 0 Å². The number of halogens is 2. The number of para-hydroxylation sites is 1. The molecule has 0 aliphatic rings. The first-order valence-corrected chi connectivity index (χ1v) is 10.2. The molecule has 0 radical (unpaired) electrons. The molecule has 0 fully saturated rings. The summed E-state index contributed by atoms with van der Waals surface area (Å²) in [6.45, 7) is 3.80. The van der Waals surface area contributed by atoms with Gasteiger partial charge in [0.05, 0.1) is 32.5 Å². The standard InChI is InChI=1S/C23H18Cl2N4O2/c1-12-7-10-18-15(11-12)20(23(31)27-18)28-29-22(30)14-5-3-4-6-17(14)26-21-16(24)9-8-13(2)19(21)25/h3-11,26-27,31H,1-2H3. The molecule has 0 saturated carbocycles. The fraction of sp³-hybridized carbons (Fsp3) is 0.0870. The van der Waals surface area contributed by atoms with E-state index in [1.807, 2.05) is 38.1 Å². The Morgan fingerprint density at radius 1 is 1.06 bits per heavy atom. The monoisotopic (exact) mass is 452 g/mol. The normalized spacial score (nSPS) is 11.4. The van der Waals surface area contributed by atoms with Crippen molar-refractivity contribution in [2.75, 3.05) is 5.32 Å². The van der Waals surface area contributed by atoms with Crippen LogP contribution in [0.3, 0.4) is 0 Å². The van der Waals surface area contributed by atoms with E-state index in [9.17, 15) is 9.90 Å². The molecule has 0 bridgehead atoms. The highest BCUT2D eigenvalue weighted by Gasteiger charge is 2.16. The van der Waals surface area contributed by atoms with Crippen LogP contribution >= 0.6 is 23.2 Å². The Hall–Kier alpha value is -3.35. The molecule has 0 spiro atoms. The van der Waals surface area contributed by atoms with E-state index in [0.29, 0.717) is 32.3 Å². The number of fused-ring (bicyclic) bond motifs is 1. The van der Waals surface area contributed by atoms with Crippen LogP contribution in [0.5, 0.6) is 5.88 Å². The highest BCUT2D eigenvalue weighted by atomic mass is 35.5. The Morgan fingerprint density at radius 3 is 2.65 bits per heavy atom. The molecule has 0 aliphatic carbocycles. The quantitative estimate of drug-likeness (QED) is 0.280. The van der Waals surface area contributed by atoms with Gasteiger partial charge in [-0.05, 0) is 49.7 Å². The van der Waals surface area contributed by atoms with Crippen molar-refractivity contribution in [1.29, 1.82) is 0 Å². The molecule has 1 heterocycles. The molecular formula is C23H18Cl2N4O2. The van der Waals surface area contributed by atoms with Crippen LogP contribution in [-0.4, -0.2) is 16.0 Å². The van der Waals surface area contributed by atoms with Gasteiger partial charge in [-0.3, -0.25) is 4.79 Å². The summed E-state index contributed by atoms with van der Waals surface area (Å²) in [4.78, 5) is 15.7. The lowest BCUT2D eigenvalue weighted by atomic mass is 10.1. The van der Waals surface area contributed by atoms with E-state index >= 15 is 0 Å². The second kappa shape index (κ2) is 8.41. The van der Waals surface area contributed by atoms with Crippen molar-refractivity contribution < 1.29 is 9.90 Å². The number of amides is 1. The van der Waals surface area contributed by atoms with Crippen molar-refractivity contribution >= 4 is 57.1 Å². The van der Waals surface area contributed by atoms with Gasteiger partial charge >= 0.3 is 0 Å². The number of aromatic amines is 1. The molecule has 0 aliphatic heterocycles. The van der Waals surface area contributed by atoms with E-state index in [0.717, 1.165) is 11.1 Å². The number of H-pyrrole nitrogens is 1. The average molecular weight is 453 g/mol. The van der Waals surface area contributed by atoms with Gasteiger partial charge in [-0.2, -0.15) is 0 Å². The zero-order valence-corrected chi connectivity index (χ0v) is 18.2. The summed E-state index contributed by atoms with van der Waals surface area (Å²) in [6, 6.07) is 16.0. The molecule has 8 heteroatoms. The van der Waals surface area contributed by atoms with Gasteiger partial charge < -0.3 is 15.4 Å². The third kappa shape index (κ3) is 4.13. The Labute approximate surface area is 188 Å². The van der Waals surface area contributed by atoms with Crippen LogP contribution in [-0.2, 0) is 0 Å². The fourth-order valence-corrected chi connectivity index (χ4v) is 3.68. The molecule has 1 aromatic heterocycles. The van der Waals surface area contributed by atoms with Crippen molar-refractivity contribution in [2.24, 2.45) is 10.2 Å². The zero-order chi connectivity index (χ0) is 22.1. The predicted molar refractivity (Wildman–Crippen MR) is 124 cm³/mol. The van der Waals surface area contributed by atoms with Gasteiger partial charge in [-0.1, -0.05) is 53.0 Å². The Bertz CT molecular complexity index is 1350. The summed E-state index contributed by atoms with van der Waals surface area (Å²) in [5, 5.41) is 22.8. The number of rotatable bonds is 4. The molecule has 6 nitrogen and oxygen atoms in total. The lowest BCUT2D eigenvalue weighted by Crippen LogP contribution is -2.02. The van der Waals surface area contributed by atoms with Gasteiger partial charge in [-0.15, -0.1) is 10.2 Å². The lowest BCUT2D eigenvalue weighted by molar-refractivity contribution is 0.0996. The van der Waals surface area contributed by atoms with Crippen molar-refractivity contribution in [3.8, 4) is 5.88 Å². The number of azo groups is 1. The van der Waals surface area contributed by atoms with Crippen LogP contribution in [0.25, 0.3) is 10.9 Å². The van der Waals surface area contributed by atoms with Gasteiger partial charge in [0.15, 0.2) is 5.69 Å². The number of nitrogens with zero attached hydrogens (tertiary/aromatic N) is 2. The summed E-state index contributed by atoms with van der Waals surface area (Å²) in [7, 11) is 0. The van der Waals surface area contributed by atoms with Gasteiger partial charge in [0.1, 0.15) is 0 Å². The number of hydrogen-bond donors (Lipinski definition) is 3. The van der Waals surface area contributed by atoms with Crippen molar-refractivity contribution in [3.05, 3.63) is 81.3 Å². The van der Waals surface area contributed by atoms with Crippen LogP contribution < -0.4 is 5.32 Å². The number of aromatic hydroxyl groups is 1. The zero-order valence-electron chi connectivity index (χ0n) is 16.7. The fourth-order valence-electron chi connectivity index (χ4n) is 3.21. The largest absolute Gasteiger partial charge is 0.493 e. The minimum Gasteiger partial charge on any atom is -0.493 e. The maximum absolute atomic E-state index is 12.8. The third-order valence-electron chi connectivity index (χ3n) is 4.85. The first-order valence-electron chi connectivity index (χ1n) is 9.43. The van der Waals surface area contributed by atoms with Crippen LogP contribution in [0, 0.1) is 13.8 Å². The van der Waals surface area contributed by atoms with Gasteiger partial charge in [0.2, 0.25) is 5.88 Å². The van der Waals surface area contributed by atoms with Gasteiger partial charge in [0, 0.05) is 5.39 Å². The molecule has 0 saturated heterocycles. The molecule has 4 aromatic rings. The van der Waals surface area contributed by atoms with Crippen molar-refractivity contribution in [1.82, 2.24) is 4.98 Å². The second-order valence-electron chi connectivity index (χ2n) is 7.10. The molecule has 0 atom stereocenters. The van der Waals surface area contributed by atoms with Gasteiger partial charge in [0.25, 0.3) is 5.91 Å². The maximum Gasteiger partial charge on any atom is 0.297 e. The van der Waals surface area contributed by atoms with E-state index in [4.69, 9.17) is 23.2 Å². The number of carbonyl (C=O) groups is 1. The van der Waals surface area contributed by atoms with E-state index in [1.54, 1.807) is 30.3 Å². The average Bonchev–Trinajstić information content (AvgIpc) is 3.06. The molecule has 3 N–H and O–H groups in total. The summed E-state index contributed by atoms with van der Waals surface area (Å²) in [5.74, 6) is -0.730. The molecule has 4 rings (SSSR count). The summed E-state index contributed by atoms with van der Waals surface area (Å²) in [5.41, 5.74) is 4.04. The minimum atomic E-state index is -0.579. The molecule has 31 heavy (non-hydrogen) atoms. The Kier molecular flexibility index (Phi) is 5.67. The number of anilines is 2. The molecule has 3 aromatic carbocycles. The SMILES string of the molecule is Cc1ccc2[nH]c(O)c(N=NC(=O)c3ccccc3Nc3c(Cl)ccc(C)c3Cl)c2c1. The predicted octanol–water partition coefficient (Wildman–Crippen LogP) is 7.46. The smallest absolute Gasteiger partial charge is 0.297 e. The van der Waals surface area contributed by atoms with Crippen LogP contribution in [0.1, 0.15) is 21.5 Å². The molecule has 1 amide bonds. The molecular weight excluding hydrogens is 435 g/mol. The lowest BCUT2D eigenvalue weighted by Gasteiger charge is -2.14. The van der Waals surface area contributed by atoms with Crippen molar-refractivity contribution in [3.63, 3.8) is 0 Å². The van der Waals surface area contributed by atoms with Crippen molar-refractivity contribution in [2.45, 2.75) is 13.8 Å². The van der Waals surface area contributed by atoms with E-state index in [2.05, 4.69) is 20.5 Å². The van der Waals surface area contributed by atoms with Gasteiger partial charge in [-0.25, -0.2) is 0 Å². The maximum atomic E-state index is 12.8. The Morgan fingerprint density at radius 2 is 1.84 bits per heavy atom. The summed E-state index contributed by atoms with van der Waals surface area (Å²) < 4.78 is 0. The number of aromatic nitrogens is 1.